The van der Waals surface area contributed by atoms with Crippen molar-refractivity contribution in [1.29, 1.82) is 0 Å². The van der Waals surface area contributed by atoms with Gasteiger partial charge in [0.2, 0.25) is 0 Å². The summed E-state index contributed by atoms with van der Waals surface area (Å²) in [6, 6.07) is 8.78. The zero-order chi connectivity index (χ0) is 13.9. The van der Waals surface area contributed by atoms with Crippen molar-refractivity contribution in [1.82, 2.24) is 9.80 Å². The van der Waals surface area contributed by atoms with Gasteiger partial charge in [-0.25, -0.2) is 0 Å². The van der Waals surface area contributed by atoms with Gasteiger partial charge in [0.15, 0.2) is 0 Å². The van der Waals surface area contributed by atoms with Crippen LogP contribution in [0.4, 0.5) is 0 Å². The number of carboxylic acid groups (broad SMARTS) is 1. The van der Waals surface area contributed by atoms with Gasteiger partial charge in [-0.05, 0) is 30.5 Å². The van der Waals surface area contributed by atoms with Gasteiger partial charge in [0.05, 0.1) is 6.42 Å². The minimum atomic E-state index is -0.768. The summed E-state index contributed by atoms with van der Waals surface area (Å²) in [5.41, 5.74) is 2.16. The third-order valence-corrected chi connectivity index (χ3v) is 4.46. The minimum Gasteiger partial charge on any atom is -0.481 e. The van der Waals surface area contributed by atoms with E-state index in [9.17, 15) is 4.79 Å². The van der Waals surface area contributed by atoms with Gasteiger partial charge in [0.1, 0.15) is 0 Å². The third-order valence-electron chi connectivity index (χ3n) is 4.46. The first-order valence-corrected chi connectivity index (χ1v) is 7.47. The van der Waals surface area contributed by atoms with Crippen LogP contribution < -0.4 is 0 Å². The molecule has 0 amide bonds. The van der Waals surface area contributed by atoms with E-state index < -0.39 is 5.97 Å². The van der Waals surface area contributed by atoms with E-state index in [0.29, 0.717) is 0 Å². The molecular formula is C16H22N2O2. The topological polar surface area (TPSA) is 43.8 Å². The van der Waals surface area contributed by atoms with Gasteiger partial charge in [0.25, 0.3) is 0 Å². The fourth-order valence-electron chi connectivity index (χ4n) is 3.39. The number of hydrogen-bond acceptors (Lipinski definition) is 3. The summed E-state index contributed by atoms with van der Waals surface area (Å²) in [6.07, 6.45) is 2.80. The van der Waals surface area contributed by atoms with Gasteiger partial charge in [-0.15, -0.1) is 0 Å². The zero-order valence-corrected chi connectivity index (χ0v) is 11.8. The highest BCUT2D eigenvalue weighted by Crippen LogP contribution is 2.22. The van der Waals surface area contributed by atoms with Gasteiger partial charge in [-0.2, -0.15) is 0 Å². The Hall–Kier alpha value is -1.39. The lowest BCUT2D eigenvalue weighted by Gasteiger charge is -2.37. The second-order valence-electron chi connectivity index (χ2n) is 5.95. The van der Waals surface area contributed by atoms with E-state index in [0.717, 1.165) is 24.7 Å². The number of carboxylic acids is 1. The van der Waals surface area contributed by atoms with Crippen molar-refractivity contribution in [2.24, 2.45) is 0 Å². The van der Waals surface area contributed by atoms with E-state index in [2.05, 4.69) is 21.9 Å². The Morgan fingerprint density at radius 3 is 2.65 bits per heavy atom. The summed E-state index contributed by atoms with van der Waals surface area (Å²) in [4.78, 5) is 15.8. The highest BCUT2D eigenvalue weighted by atomic mass is 16.4. The smallest absolute Gasteiger partial charge is 0.307 e. The lowest BCUT2D eigenvalue weighted by molar-refractivity contribution is -0.136. The molecule has 0 aromatic heterocycles. The Labute approximate surface area is 120 Å². The standard InChI is InChI=1S/C16H22N2O2/c19-16(20)10-13-3-5-14(6-4-13)11-17-8-9-18-7-1-2-15(18)12-17/h3-6,15H,1-2,7-12H2,(H,19,20). The number of rotatable bonds is 4. The second-order valence-corrected chi connectivity index (χ2v) is 5.95. The lowest BCUT2D eigenvalue weighted by Crippen LogP contribution is -2.49. The van der Waals surface area contributed by atoms with Crippen LogP contribution in [0.25, 0.3) is 0 Å². The molecule has 0 radical (unpaired) electrons. The van der Waals surface area contributed by atoms with Crippen LogP contribution in [-0.4, -0.2) is 53.1 Å². The molecule has 2 aliphatic heterocycles. The van der Waals surface area contributed by atoms with E-state index in [4.69, 9.17) is 5.11 Å². The Morgan fingerprint density at radius 1 is 1.15 bits per heavy atom. The first kappa shape index (κ1) is 13.6. The second kappa shape index (κ2) is 5.94. The number of nitrogens with zero attached hydrogens (tertiary/aromatic N) is 2. The molecule has 1 aromatic carbocycles. The van der Waals surface area contributed by atoms with Crippen molar-refractivity contribution in [3.05, 3.63) is 35.4 Å². The van der Waals surface area contributed by atoms with Crippen molar-refractivity contribution in [2.75, 3.05) is 26.2 Å². The van der Waals surface area contributed by atoms with Gasteiger partial charge in [-0.1, -0.05) is 24.3 Å². The Balaban J connectivity index is 1.56. The van der Waals surface area contributed by atoms with Gasteiger partial charge in [0, 0.05) is 32.2 Å². The maximum Gasteiger partial charge on any atom is 0.307 e. The van der Waals surface area contributed by atoms with Gasteiger partial charge >= 0.3 is 5.97 Å². The highest BCUT2D eigenvalue weighted by Gasteiger charge is 2.30. The van der Waals surface area contributed by atoms with Crippen LogP contribution in [0.3, 0.4) is 0 Å². The van der Waals surface area contributed by atoms with Crippen molar-refractivity contribution in [2.45, 2.75) is 31.8 Å². The average Bonchev–Trinajstić information content (AvgIpc) is 2.88. The Kier molecular flexibility index (Phi) is 4.03. The van der Waals surface area contributed by atoms with Gasteiger partial charge in [-0.3, -0.25) is 14.6 Å². The SMILES string of the molecule is O=C(O)Cc1ccc(CN2CCN3CCCC3C2)cc1. The Bertz CT molecular complexity index is 472. The molecule has 1 N–H and O–H groups in total. The maximum absolute atomic E-state index is 10.7. The normalized spacial score (nSPS) is 23.7. The molecule has 0 aliphatic carbocycles. The molecule has 2 aliphatic rings. The lowest BCUT2D eigenvalue weighted by atomic mass is 10.1. The molecular weight excluding hydrogens is 252 g/mol. The molecule has 1 atom stereocenters. The highest BCUT2D eigenvalue weighted by molar-refractivity contribution is 5.70. The largest absolute Gasteiger partial charge is 0.481 e. The first-order valence-electron chi connectivity index (χ1n) is 7.47. The number of piperazine rings is 1. The number of benzene rings is 1. The van der Waals surface area contributed by atoms with Gasteiger partial charge < -0.3 is 5.11 Å². The summed E-state index contributed by atoms with van der Waals surface area (Å²) in [7, 11) is 0. The van der Waals surface area contributed by atoms with Crippen LogP contribution in [-0.2, 0) is 17.8 Å². The summed E-state index contributed by atoms with van der Waals surface area (Å²) < 4.78 is 0. The molecule has 20 heavy (non-hydrogen) atoms. The van der Waals surface area contributed by atoms with E-state index in [-0.39, 0.29) is 6.42 Å². The van der Waals surface area contributed by atoms with E-state index in [1.165, 1.54) is 38.0 Å². The number of aliphatic carboxylic acids is 1. The van der Waals surface area contributed by atoms with Crippen LogP contribution in [0.1, 0.15) is 24.0 Å². The van der Waals surface area contributed by atoms with Crippen molar-refractivity contribution >= 4 is 5.97 Å². The molecule has 0 saturated carbocycles. The van der Waals surface area contributed by atoms with E-state index in [1.54, 1.807) is 0 Å². The molecule has 4 nitrogen and oxygen atoms in total. The van der Waals surface area contributed by atoms with Crippen molar-refractivity contribution in [3.63, 3.8) is 0 Å². The minimum absolute atomic E-state index is 0.112. The number of hydrogen-bond donors (Lipinski definition) is 1. The molecule has 2 fully saturated rings. The fourth-order valence-corrected chi connectivity index (χ4v) is 3.39. The quantitative estimate of drug-likeness (QED) is 0.905. The van der Waals surface area contributed by atoms with Crippen LogP contribution in [0.5, 0.6) is 0 Å². The summed E-state index contributed by atoms with van der Waals surface area (Å²) in [5, 5.41) is 8.77. The molecule has 1 aromatic rings. The van der Waals surface area contributed by atoms with Crippen LogP contribution >= 0.6 is 0 Å². The van der Waals surface area contributed by atoms with E-state index >= 15 is 0 Å². The van der Waals surface area contributed by atoms with Crippen molar-refractivity contribution < 1.29 is 9.90 Å². The van der Waals surface area contributed by atoms with E-state index in [1.807, 2.05) is 12.1 Å². The van der Waals surface area contributed by atoms with Crippen molar-refractivity contribution in [3.8, 4) is 0 Å². The van der Waals surface area contributed by atoms with Crippen LogP contribution in [0, 0.1) is 0 Å². The molecule has 0 spiro atoms. The maximum atomic E-state index is 10.7. The average molecular weight is 274 g/mol. The molecule has 4 heteroatoms. The molecule has 108 valence electrons. The fraction of sp³-hybridized carbons (Fsp3) is 0.562. The predicted molar refractivity (Wildman–Crippen MR) is 77.7 cm³/mol. The van der Waals surface area contributed by atoms with Crippen LogP contribution in [0.2, 0.25) is 0 Å². The first-order chi connectivity index (χ1) is 9.70. The zero-order valence-electron chi connectivity index (χ0n) is 11.8. The number of fused-ring (bicyclic) bond motifs is 1. The predicted octanol–water partition coefficient (Wildman–Crippen LogP) is 1.59. The molecule has 3 rings (SSSR count). The monoisotopic (exact) mass is 274 g/mol. The third kappa shape index (κ3) is 3.19. The molecule has 2 heterocycles. The molecule has 2 saturated heterocycles. The summed E-state index contributed by atoms with van der Waals surface area (Å²) in [6.45, 7) is 5.78. The molecule has 1 unspecified atom stereocenters. The molecule has 0 bridgehead atoms. The summed E-state index contributed by atoms with van der Waals surface area (Å²) in [5.74, 6) is -0.768. The number of carbonyl (C=O) groups is 1. The summed E-state index contributed by atoms with van der Waals surface area (Å²) >= 11 is 0. The Morgan fingerprint density at radius 2 is 1.90 bits per heavy atom. The van der Waals surface area contributed by atoms with Crippen LogP contribution in [0.15, 0.2) is 24.3 Å².